The van der Waals surface area contributed by atoms with Crippen LogP contribution in [0.5, 0.6) is 0 Å². The van der Waals surface area contributed by atoms with Gasteiger partial charge in [0.25, 0.3) is 0 Å². The third-order valence-corrected chi connectivity index (χ3v) is 3.76. The van der Waals surface area contributed by atoms with Gasteiger partial charge in [-0.15, -0.1) is 0 Å². The minimum Gasteiger partial charge on any atom is -0.409 e. The van der Waals surface area contributed by atoms with Gasteiger partial charge in [-0.05, 0) is 30.2 Å². The molecule has 0 aliphatic carbocycles. The maximum atomic E-state index is 12.1. The molecule has 0 saturated carbocycles. The van der Waals surface area contributed by atoms with Crippen LogP contribution in [0.3, 0.4) is 0 Å². The Labute approximate surface area is 122 Å². The van der Waals surface area contributed by atoms with E-state index in [-0.39, 0.29) is 16.6 Å². The summed E-state index contributed by atoms with van der Waals surface area (Å²) in [7, 11) is -3.78. The van der Waals surface area contributed by atoms with Gasteiger partial charge in [0.15, 0.2) is 5.84 Å². The Kier molecular flexibility index (Phi) is 5.28. The summed E-state index contributed by atoms with van der Waals surface area (Å²) in [6.07, 6.45) is 0. The van der Waals surface area contributed by atoms with E-state index in [1.54, 1.807) is 13.8 Å². The molecule has 1 amide bonds. The number of nitrogens with one attached hydrogen (secondary N) is 1. The van der Waals surface area contributed by atoms with Crippen LogP contribution in [0.4, 0.5) is 5.69 Å². The first-order valence-electron chi connectivity index (χ1n) is 6.08. The van der Waals surface area contributed by atoms with E-state index < -0.39 is 21.8 Å². The first-order chi connectivity index (χ1) is 9.66. The Morgan fingerprint density at radius 1 is 1.29 bits per heavy atom. The smallest absolute Gasteiger partial charge is 0.238 e. The van der Waals surface area contributed by atoms with Gasteiger partial charge in [-0.25, -0.2) is 13.6 Å². The summed E-state index contributed by atoms with van der Waals surface area (Å²) in [6, 6.07) is 5.36. The van der Waals surface area contributed by atoms with E-state index in [9.17, 15) is 13.2 Å². The lowest BCUT2D eigenvalue weighted by Gasteiger charge is -2.18. The zero-order chi connectivity index (χ0) is 16.2. The number of amidine groups is 1. The molecule has 1 rings (SSSR count). The number of hydrogen-bond donors (Lipinski definition) is 4. The van der Waals surface area contributed by atoms with Crippen molar-refractivity contribution in [1.29, 1.82) is 0 Å². The van der Waals surface area contributed by atoms with Crippen LogP contribution in [0.15, 0.2) is 34.3 Å². The van der Waals surface area contributed by atoms with E-state index in [0.29, 0.717) is 5.69 Å². The molecule has 0 fully saturated rings. The van der Waals surface area contributed by atoms with Crippen molar-refractivity contribution in [3.05, 3.63) is 24.3 Å². The van der Waals surface area contributed by atoms with E-state index in [1.165, 1.54) is 24.3 Å². The van der Waals surface area contributed by atoms with Crippen molar-refractivity contribution in [2.24, 2.45) is 27.9 Å². The van der Waals surface area contributed by atoms with E-state index in [4.69, 9.17) is 16.1 Å². The fraction of sp³-hybridized carbons (Fsp3) is 0.333. The fourth-order valence-corrected chi connectivity index (χ4v) is 2.30. The molecule has 0 radical (unpaired) electrons. The zero-order valence-electron chi connectivity index (χ0n) is 11.6. The van der Waals surface area contributed by atoms with Crippen LogP contribution in [0.1, 0.15) is 13.8 Å². The van der Waals surface area contributed by atoms with Crippen LogP contribution >= 0.6 is 0 Å². The molecular formula is C12H18N4O4S. The molecule has 0 aliphatic heterocycles. The summed E-state index contributed by atoms with van der Waals surface area (Å²) < 4.78 is 22.2. The number of carbonyl (C=O) groups excluding carboxylic acids is 1. The van der Waals surface area contributed by atoms with Gasteiger partial charge in [0.2, 0.25) is 15.9 Å². The molecule has 1 unspecified atom stereocenters. The number of nitrogens with two attached hydrogens (primary N) is 2. The molecule has 8 nitrogen and oxygen atoms in total. The van der Waals surface area contributed by atoms with Gasteiger partial charge in [-0.2, -0.15) is 0 Å². The molecule has 21 heavy (non-hydrogen) atoms. The van der Waals surface area contributed by atoms with Gasteiger partial charge >= 0.3 is 0 Å². The van der Waals surface area contributed by atoms with Gasteiger partial charge in [-0.3, -0.25) is 4.79 Å². The predicted molar refractivity (Wildman–Crippen MR) is 78.2 cm³/mol. The Hall–Kier alpha value is -2.13. The van der Waals surface area contributed by atoms with Gasteiger partial charge in [0.05, 0.1) is 4.90 Å². The number of sulfonamides is 1. The van der Waals surface area contributed by atoms with Crippen molar-refractivity contribution in [3.63, 3.8) is 0 Å². The zero-order valence-corrected chi connectivity index (χ0v) is 12.5. The lowest BCUT2D eigenvalue weighted by molar-refractivity contribution is -0.119. The standard InChI is InChI=1S/C12H18N4O4S/c1-7(2)10(11(13)16-18)12(17)15-8-3-5-9(6-4-8)21(14,19)20/h3-7,10,18H,1-2H3,(H2,13,16)(H,15,17)(H2,14,19,20). The van der Waals surface area contributed by atoms with Crippen molar-refractivity contribution in [2.75, 3.05) is 5.32 Å². The van der Waals surface area contributed by atoms with E-state index in [2.05, 4.69) is 10.5 Å². The number of carbonyl (C=O) groups is 1. The largest absolute Gasteiger partial charge is 0.409 e. The highest BCUT2D eigenvalue weighted by molar-refractivity contribution is 7.89. The Morgan fingerprint density at radius 3 is 2.19 bits per heavy atom. The number of benzene rings is 1. The summed E-state index contributed by atoms with van der Waals surface area (Å²) in [5, 5.41) is 19.1. The highest BCUT2D eigenvalue weighted by Crippen LogP contribution is 2.17. The monoisotopic (exact) mass is 314 g/mol. The number of rotatable bonds is 5. The molecule has 6 N–H and O–H groups in total. The minimum absolute atomic E-state index is 0.0580. The lowest BCUT2D eigenvalue weighted by Crippen LogP contribution is -2.38. The molecule has 0 saturated heterocycles. The molecule has 9 heteroatoms. The highest BCUT2D eigenvalue weighted by atomic mass is 32.2. The first-order valence-corrected chi connectivity index (χ1v) is 7.62. The molecule has 0 heterocycles. The van der Waals surface area contributed by atoms with Crippen LogP contribution in [0.2, 0.25) is 0 Å². The predicted octanol–water partition coefficient (Wildman–Crippen LogP) is 0.291. The fourth-order valence-electron chi connectivity index (χ4n) is 1.79. The van der Waals surface area contributed by atoms with Crippen molar-refractivity contribution >= 4 is 27.5 Å². The molecule has 1 aromatic carbocycles. The normalized spacial score (nSPS) is 14.0. The van der Waals surface area contributed by atoms with Crippen molar-refractivity contribution in [1.82, 2.24) is 0 Å². The summed E-state index contributed by atoms with van der Waals surface area (Å²) in [6.45, 7) is 3.51. The average Bonchev–Trinajstić information content (AvgIpc) is 2.37. The molecule has 0 bridgehead atoms. The number of hydrogen-bond acceptors (Lipinski definition) is 5. The number of anilines is 1. The first kappa shape index (κ1) is 16.9. The topological polar surface area (TPSA) is 148 Å². The van der Waals surface area contributed by atoms with Crippen LogP contribution in [0, 0.1) is 11.8 Å². The maximum Gasteiger partial charge on any atom is 0.238 e. The molecule has 0 aromatic heterocycles. The van der Waals surface area contributed by atoms with Gasteiger partial charge in [0.1, 0.15) is 5.92 Å². The lowest BCUT2D eigenvalue weighted by atomic mass is 9.94. The summed E-state index contributed by atoms with van der Waals surface area (Å²) >= 11 is 0. The van der Waals surface area contributed by atoms with Crippen molar-refractivity contribution < 1.29 is 18.4 Å². The third-order valence-electron chi connectivity index (χ3n) is 2.83. The number of amides is 1. The quantitative estimate of drug-likeness (QED) is 0.267. The van der Waals surface area contributed by atoms with Gasteiger partial charge < -0.3 is 16.3 Å². The molecule has 0 aliphatic rings. The van der Waals surface area contributed by atoms with Crippen molar-refractivity contribution in [3.8, 4) is 0 Å². The molecule has 1 atom stereocenters. The van der Waals surface area contributed by atoms with Crippen LogP contribution in [-0.2, 0) is 14.8 Å². The van der Waals surface area contributed by atoms with Gasteiger partial charge in [-0.1, -0.05) is 19.0 Å². The third kappa shape index (κ3) is 4.43. The molecule has 0 spiro atoms. The van der Waals surface area contributed by atoms with E-state index in [1.807, 2.05) is 0 Å². The van der Waals surface area contributed by atoms with E-state index >= 15 is 0 Å². The summed E-state index contributed by atoms with van der Waals surface area (Å²) in [5.41, 5.74) is 5.88. The summed E-state index contributed by atoms with van der Waals surface area (Å²) in [5.74, 6) is -1.62. The second-order valence-electron chi connectivity index (χ2n) is 4.81. The Morgan fingerprint density at radius 2 is 1.81 bits per heavy atom. The second-order valence-corrected chi connectivity index (χ2v) is 6.37. The Bertz CT molecular complexity index is 638. The maximum absolute atomic E-state index is 12.1. The second kappa shape index (κ2) is 6.55. The van der Waals surface area contributed by atoms with Gasteiger partial charge in [0, 0.05) is 5.69 Å². The molecular weight excluding hydrogens is 296 g/mol. The number of primary sulfonamides is 1. The summed E-state index contributed by atoms with van der Waals surface area (Å²) in [4.78, 5) is 12.1. The van der Waals surface area contributed by atoms with Crippen LogP contribution < -0.4 is 16.2 Å². The molecule has 1 aromatic rings. The highest BCUT2D eigenvalue weighted by Gasteiger charge is 2.26. The Balaban J connectivity index is 2.92. The van der Waals surface area contributed by atoms with Crippen LogP contribution in [0.25, 0.3) is 0 Å². The average molecular weight is 314 g/mol. The SMILES string of the molecule is CC(C)C(C(=O)Nc1ccc(S(N)(=O)=O)cc1)C(N)=NO. The van der Waals surface area contributed by atoms with E-state index in [0.717, 1.165) is 0 Å². The minimum atomic E-state index is -3.78. The molecule has 116 valence electrons. The number of oxime groups is 1. The van der Waals surface area contributed by atoms with Crippen molar-refractivity contribution in [2.45, 2.75) is 18.7 Å². The van der Waals surface area contributed by atoms with Crippen LogP contribution in [-0.4, -0.2) is 25.4 Å². The number of nitrogens with zero attached hydrogens (tertiary/aromatic N) is 1.